The highest BCUT2D eigenvalue weighted by Crippen LogP contribution is 2.18. The summed E-state index contributed by atoms with van der Waals surface area (Å²) in [6, 6.07) is 2.53. The highest BCUT2D eigenvalue weighted by Gasteiger charge is 2.28. The number of aryl methyl sites for hydroxylation is 1. The summed E-state index contributed by atoms with van der Waals surface area (Å²) in [6.07, 6.45) is 4.09. The molecule has 0 atom stereocenters. The van der Waals surface area contributed by atoms with E-state index in [0.717, 1.165) is 63.5 Å². The minimum absolute atomic E-state index is 0.162. The number of nitrogens with one attached hydrogen (secondary N) is 1. The molecule has 2 aliphatic rings. The van der Waals surface area contributed by atoms with E-state index in [-0.39, 0.29) is 5.91 Å². The smallest absolute Gasteiger partial charge is 0.255 e. The highest BCUT2D eigenvalue weighted by atomic mass is 16.5. The Hall–Kier alpha value is -1.33. The molecule has 2 saturated heterocycles. The molecule has 1 aromatic heterocycles. The molecule has 1 amide bonds. The van der Waals surface area contributed by atoms with E-state index < -0.39 is 0 Å². The third-order valence-electron chi connectivity index (χ3n) is 4.49. The lowest BCUT2D eigenvalue weighted by atomic mass is 10.1. The second kappa shape index (κ2) is 5.97. The van der Waals surface area contributed by atoms with Gasteiger partial charge in [-0.05, 0) is 25.8 Å². The maximum Gasteiger partial charge on any atom is 0.255 e. The summed E-state index contributed by atoms with van der Waals surface area (Å²) in [4.78, 5) is 20.0. The summed E-state index contributed by atoms with van der Waals surface area (Å²) >= 11 is 0. The molecule has 3 rings (SSSR count). The van der Waals surface area contributed by atoms with Crippen molar-refractivity contribution in [1.82, 2.24) is 14.8 Å². The molecule has 0 unspecified atom stereocenters. The molecular weight excluding hydrogens is 254 g/mol. The molecular formula is C15H23N3O2. The first-order chi connectivity index (χ1) is 9.75. The number of carbonyl (C=O) groups excluding carboxylic acids is 1. The average Bonchev–Trinajstić information content (AvgIpc) is 2.94. The number of amides is 1. The van der Waals surface area contributed by atoms with Crippen LogP contribution in [0.3, 0.4) is 0 Å². The summed E-state index contributed by atoms with van der Waals surface area (Å²) in [5, 5.41) is 0. The number of H-pyrrole nitrogens is 1. The van der Waals surface area contributed by atoms with Crippen LogP contribution < -0.4 is 0 Å². The van der Waals surface area contributed by atoms with E-state index in [2.05, 4.69) is 9.88 Å². The third-order valence-corrected chi connectivity index (χ3v) is 4.49. The summed E-state index contributed by atoms with van der Waals surface area (Å²) in [5.41, 5.74) is 1.77. The van der Waals surface area contributed by atoms with Crippen LogP contribution in [0.4, 0.5) is 0 Å². The molecule has 0 spiro atoms. The van der Waals surface area contributed by atoms with E-state index in [9.17, 15) is 4.79 Å². The summed E-state index contributed by atoms with van der Waals surface area (Å²) in [7, 11) is 0. The fourth-order valence-corrected chi connectivity index (χ4v) is 3.20. The molecule has 0 radical (unpaired) electrons. The van der Waals surface area contributed by atoms with Crippen LogP contribution in [0.15, 0.2) is 12.3 Å². The molecule has 1 N–H and O–H groups in total. The molecule has 0 aliphatic carbocycles. The van der Waals surface area contributed by atoms with Crippen LogP contribution in [0.1, 0.15) is 28.9 Å². The van der Waals surface area contributed by atoms with Gasteiger partial charge in [0.2, 0.25) is 0 Å². The minimum atomic E-state index is 0.162. The Balaban J connectivity index is 1.55. The van der Waals surface area contributed by atoms with Crippen molar-refractivity contribution in [3.63, 3.8) is 0 Å². The van der Waals surface area contributed by atoms with E-state index in [1.807, 2.05) is 24.1 Å². The first-order valence-electron chi connectivity index (χ1n) is 7.51. The average molecular weight is 277 g/mol. The largest absolute Gasteiger partial charge is 0.381 e. The molecule has 110 valence electrons. The van der Waals surface area contributed by atoms with E-state index in [4.69, 9.17) is 4.74 Å². The van der Waals surface area contributed by atoms with Crippen molar-refractivity contribution < 1.29 is 9.53 Å². The Labute approximate surface area is 119 Å². The molecule has 3 heterocycles. The van der Waals surface area contributed by atoms with Crippen molar-refractivity contribution >= 4 is 5.91 Å². The van der Waals surface area contributed by atoms with Gasteiger partial charge < -0.3 is 14.6 Å². The SMILES string of the molecule is Cc1[nH]ccc1C(=O)N1CCN(C2CCOCC2)CC1. The van der Waals surface area contributed by atoms with Crippen molar-refractivity contribution in [1.29, 1.82) is 0 Å². The number of hydrogen-bond acceptors (Lipinski definition) is 3. The first-order valence-corrected chi connectivity index (χ1v) is 7.51. The number of piperazine rings is 1. The Bertz CT molecular complexity index is 457. The Morgan fingerprint density at radius 2 is 1.95 bits per heavy atom. The molecule has 1 aromatic rings. The van der Waals surface area contributed by atoms with E-state index in [1.54, 1.807) is 0 Å². The summed E-state index contributed by atoms with van der Waals surface area (Å²) in [6.45, 7) is 7.35. The number of carbonyl (C=O) groups is 1. The fourth-order valence-electron chi connectivity index (χ4n) is 3.20. The maximum atomic E-state index is 12.4. The quantitative estimate of drug-likeness (QED) is 0.885. The Morgan fingerprint density at radius 1 is 1.25 bits per heavy atom. The first kappa shape index (κ1) is 13.6. The summed E-state index contributed by atoms with van der Waals surface area (Å²) < 4.78 is 5.42. The van der Waals surface area contributed by atoms with Crippen LogP contribution in [0, 0.1) is 6.92 Å². The van der Waals surface area contributed by atoms with Crippen molar-refractivity contribution in [2.24, 2.45) is 0 Å². The normalized spacial score (nSPS) is 22.1. The number of aromatic amines is 1. The van der Waals surface area contributed by atoms with Gasteiger partial charge in [0.05, 0.1) is 5.56 Å². The van der Waals surface area contributed by atoms with Gasteiger partial charge in [-0.1, -0.05) is 0 Å². The van der Waals surface area contributed by atoms with Crippen molar-refractivity contribution in [2.75, 3.05) is 39.4 Å². The third kappa shape index (κ3) is 2.74. The molecule has 5 heteroatoms. The second-order valence-corrected chi connectivity index (χ2v) is 5.69. The Kier molecular flexibility index (Phi) is 4.08. The molecule has 5 nitrogen and oxygen atoms in total. The van der Waals surface area contributed by atoms with Crippen LogP contribution in [0.5, 0.6) is 0 Å². The molecule has 0 aromatic carbocycles. The standard InChI is InChI=1S/C15H23N3O2/c1-12-14(2-5-16-12)15(19)18-8-6-17(7-9-18)13-3-10-20-11-4-13/h2,5,13,16H,3-4,6-11H2,1H3. The van der Waals surface area contributed by atoms with Crippen LogP contribution >= 0.6 is 0 Å². The predicted octanol–water partition coefficient (Wildman–Crippen LogP) is 1.26. The molecule has 0 saturated carbocycles. The number of hydrogen-bond donors (Lipinski definition) is 1. The molecule has 20 heavy (non-hydrogen) atoms. The highest BCUT2D eigenvalue weighted by molar-refractivity contribution is 5.95. The van der Waals surface area contributed by atoms with Gasteiger partial charge in [-0.3, -0.25) is 9.69 Å². The lowest BCUT2D eigenvalue weighted by Gasteiger charge is -2.40. The monoisotopic (exact) mass is 277 g/mol. The van der Waals surface area contributed by atoms with Crippen LogP contribution in [-0.4, -0.2) is 66.1 Å². The van der Waals surface area contributed by atoms with E-state index in [0.29, 0.717) is 6.04 Å². The fraction of sp³-hybridized carbons (Fsp3) is 0.667. The topological polar surface area (TPSA) is 48.6 Å². The van der Waals surface area contributed by atoms with Gasteiger partial charge >= 0.3 is 0 Å². The zero-order valence-electron chi connectivity index (χ0n) is 12.1. The number of rotatable bonds is 2. The van der Waals surface area contributed by atoms with Crippen molar-refractivity contribution in [3.8, 4) is 0 Å². The van der Waals surface area contributed by atoms with Gasteiger partial charge in [-0.2, -0.15) is 0 Å². The predicted molar refractivity (Wildman–Crippen MR) is 76.8 cm³/mol. The van der Waals surface area contributed by atoms with E-state index >= 15 is 0 Å². The van der Waals surface area contributed by atoms with Gasteiger partial charge in [0, 0.05) is 57.3 Å². The van der Waals surface area contributed by atoms with Gasteiger partial charge in [0.25, 0.3) is 5.91 Å². The van der Waals surface area contributed by atoms with Crippen LogP contribution in [0.25, 0.3) is 0 Å². The van der Waals surface area contributed by atoms with Gasteiger partial charge in [0.1, 0.15) is 0 Å². The lowest BCUT2D eigenvalue weighted by Crippen LogP contribution is -2.53. The molecule has 2 fully saturated rings. The zero-order valence-corrected chi connectivity index (χ0v) is 12.1. The number of nitrogens with zero attached hydrogens (tertiary/aromatic N) is 2. The second-order valence-electron chi connectivity index (χ2n) is 5.69. The Morgan fingerprint density at radius 3 is 2.55 bits per heavy atom. The van der Waals surface area contributed by atoms with Crippen molar-refractivity contribution in [2.45, 2.75) is 25.8 Å². The van der Waals surface area contributed by atoms with Crippen LogP contribution in [-0.2, 0) is 4.74 Å². The lowest BCUT2D eigenvalue weighted by molar-refractivity contribution is 0.0137. The number of aromatic nitrogens is 1. The van der Waals surface area contributed by atoms with Gasteiger partial charge in [-0.15, -0.1) is 0 Å². The maximum absolute atomic E-state index is 12.4. The van der Waals surface area contributed by atoms with Crippen molar-refractivity contribution in [3.05, 3.63) is 23.5 Å². The molecule has 2 aliphatic heterocycles. The number of ether oxygens (including phenoxy) is 1. The van der Waals surface area contributed by atoms with Gasteiger partial charge in [0.15, 0.2) is 0 Å². The van der Waals surface area contributed by atoms with E-state index in [1.165, 1.54) is 0 Å². The summed E-state index contributed by atoms with van der Waals surface area (Å²) in [5.74, 6) is 0.162. The zero-order chi connectivity index (χ0) is 13.9. The van der Waals surface area contributed by atoms with Crippen LogP contribution in [0.2, 0.25) is 0 Å². The minimum Gasteiger partial charge on any atom is -0.381 e. The van der Waals surface area contributed by atoms with Gasteiger partial charge in [-0.25, -0.2) is 0 Å². The molecule has 0 bridgehead atoms.